The zero-order valence-corrected chi connectivity index (χ0v) is 14.7. The zero-order valence-electron chi connectivity index (χ0n) is 13.9. The van der Waals surface area contributed by atoms with Crippen molar-refractivity contribution in [3.05, 3.63) is 53.2 Å². The number of amides is 3. The molecule has 0 aliphatic carbocycles. The van der Waals surface area contributed by atoms with Gasteiger partial charge in [-0.05, 0) is 36.8 Å². The van der Waals surface area contributed by atoms with E-state index in [1.54, 1.807) is 40.3 Å². The molecule has 1 saturated heterocycles. The van der Waals surface area contributed by atoms with Crippen LogP contribution in [0.25, 0.3) is 0 Å². The van der Waals surface area contributed by atoms with E-state index in [0.29, 0.717) is 36.2 Å². The first-order chi connectivity index (χ1) is 12.1. The number of rotatable bonds is 5. The first-order valence-corrected chi connectivity index (χ1v) is 8.51. The fourth-order valence-corrected chi connectivity index (χ4v) is 2.96. The highest BCUT2D eigenvalue weighted by Gasteiger charge is 2.28. The Kier molecular flexibility index (Phi) is 5.19. The second-order valence-electron chi connectivity index (χ2n) is 5.77. The monoisotopic (exact) mass is 358 g/mol. The molecule has 1 N–H and O–H groups in total. The van der Waals surface area contributed by atoms with Crippen molar-refractivity contribution in [2.45, 2.75) is 13.3 Å². The summed E-state index contributed by atoms with van der Waals surface area (Å²) in [5.41, 5.74) is 1.44. The van der Waals surface area contributed by atoms with Gasteiger partial charge in [0.2, 0.25) is 5.91 Å². The van der Waals surface area contributed by atoms with E-state index in [-0.39, 0.29) is 18.4 Å². The molecule has 0 bridgehead atoms. The minimum absolute atomic E-state index is 0.0345. The van der Waals surface area contributed by atoms with Gasteiger partial charge in [-0.25, -0.2) is 9.78 Å². The van der Waals surface area contributed by atoms with Gasteiger partial charge in [-0.3, -0.25) is 9.69 Å². The number of nitrogens with one attached hydrogen (secondary N) is 1. The van der Waals surface area contributed by atoms with Crippen molar-refractivity contribution >= 4 is 35.0 Å². The van der Waals surface area contributed by atoms with Crippen molar-refractivity contribution in [2.75, 3.05) is 29.9 Å². The van der Waals surface area contributed by atoms with Crippen LogP contribution in [0.1, 0.15) is 12.5 Å². The summed E-state index contributed by atoms with van der Waals surface area (Å²) in [7, 11) is 0. The number of aromatic nitrogens is 1. The fourth-order valence-electron chi connectivity index (χ4n) is 2.75. The number of hydrogen-bond acceptors (Lipinski definition) is 3. The standard InChI is InChI=1S/C18H19ClN4O2/c1-2-22-8-9-23(18(22)25)16-7-6-15(12-20-16)21-17(24)11-13-4-3-5-14(19)10-13/h3-7,10,12H,2,8-9,11H2,1H3,(H,21,24). The quantitative estimate of drug-likeness (QED) is 0.892. The maximum absolute atomic E-state index is 12.2. The van der Waals surface area contributed by atoms with Crippen LogP contribution in [0.5, 0.6) is 0 Å². The lowest BCUT2D eigenvalue weighted by molar-refractivity contribution is -0.115. The summed E-state index contributed by atoms with van der Waals surface area (Å²) in [5.74, 6) is 0.444. The molecule has 7 heteroatoms. The van der Waals surface area contributed by atoms with Gasteiger partial charge in [-0.2, -0.15) is 0 Å². The van der Waals surface area contributed by atoms with E-state index in [1.807, 2.05) is 19.1 Å². The molecule has 1 fully saturated rings. The Bertz CT molecular complexity index is 779. The highest BCUT2D eigenvalue weighted by atomic mass is 35.5. The smallest absolute Gasteiger partial charge is 0.324 e. The molecular formula is C18H19ClN4O2. The largest absolute Gasteiger partial charge is 0.325 e. The summed E-state index contributed by atoms with van der Waals surface area (Å²) in [6.07, 6.45) is 1.80. The Morgan fingerprint density at radius 1 is 1.28 bits per heavy atom. The van der Waals surface area contributed by atoms with Crippen molar-refractivity contribution in [1.82, 2.24) is 9.88 Å². The van der Waals surface area contributed by atoms with E-state index in [9.17, 15) is 9.59 Å². The molecule has 1 aliphatic rings. The van der Waals surface area contributed by atoms with Gasteiger partial charge in [0.15, 0.2) is 0 Å². The Balaban J connectivity index is 1.61. The molecule has 2 aromatic rings. The molecule has 0 atom stereocenters. The van der Waals surface area contributed by atoms with Crippen LogP contribution in [-0.4, -0.2) is 41.5 Å². The molecule has 25 heavy (non-hydrogen) atoms. The normalized spacial score (nSPS) is 14.1. The van der Waals surface area contributed by atoms with Crippen LogP contribution in [0, 0.1) is 0 Å². The topological polar surface area (TPSA) is 65.5 Å². The predicted octanol–water partition coefficient (Wildman–Crippen LogP) is 3.18. The van der Waals surface area contributed by atoms with Crippen LogP contribution in [-0.2, 0) is 11.2 Å². The van der Waals surface area contributed by atoms with E-state index in [4.69, 9.17) is 11.6 Å². The average Bonchev–Trinajstić information content (AvgIpc) is 2.96. The second-order valence-corrected chi connectivity index (χ2v) is 6.21. The number of carbonyl (C=O) groups excluding carboxylic acids is 2. The number of benzene rings is 1. The minimum atomic E-state index is -0.147. The lowest BCUT2D eigenvalue weighted by Gasteiger charge is -2.16. The second kappa shape index (κ2) is 7.53. The number of nitrogens with zero attached hydrogens (tertiary/aromatic N) is 3. The summed E-state index contributed by atoms with van der Waals surface area (Å²) >= 11 is 5.92. The number of anilines is 2. The molecule has 0 saturated carbocycles. The fraction of sp³-hybridized carbons (Fsp3) is 0.278. The molecule has 0 spiro atoms. The number of likely N-dealkylation sites (N-methyl/N-ethyl adjacent to an activating group) is 1. The maximum atomic E-state index is 12.2. The molecule has 1 aromatic heterocycles. The molecule has 3 amide bonds. The van der Waals surface area contributed by atoms with Gasteiger partial charge < -0.3 is 10.2 Å². The van der Waals surface area contributed by atoms with E-state index in [0.717, 1.165) is 5.56 Å². The zero-order chi connectivity index (χ0) is 17.8. The number of carbonyl (C=O) groups is 2. The van der Waals surface area contributed by atoms with Gasteiger partial charge in [-0.1, -0.05) is 23.7 Å². The Morgan fingerprint density at radius 3 is 2.76 bits per heavy atom. The molecule has 2 heterocycles. The molecule has 130 valence electrons. The van der Waals surface area contributed by atoms with Crippen LogP contribution in [0.4, 0.5) is 16.3 Å². The molecule has 3 rings (SSSR count). The van der Waals surface area contributed by atoms with Gasteiger partial charge in [0, 0.05) is 24.7 Å². The maximum Gasteiger partial charge on any atom is 0.325 e. The van der Waals surface area contributed by atoms with Crippen LogP contribution in [0.3, 0.4) is 0 Å². The van der Waals surface area contributed by atoms with Gasteiger partial charge in [0.05, 0.1) is 18.3 Å². The Labute approximate surface area is 151 Å². The van der Waals surface area contributed by atoms with Crippen molar-refractivity contribution < 1.29 is 9.59 Å². The summed E-state index contributed by atoms with van der Waals surface area (Å²) in [4.78, 5) is 32.0. The summed E-state index contributed by atoms with van der Waals surface area (Å²) in [6, 6.07) is 10.7. The molecule has 0 unspecified atom stereocenters. The lowest BCUT2D eigenvalue weighted by Crippen LogP contribution is -2.32. The number of hydrogen-bond donors (Lipinski definition) is 1. The third kappa shape index (κ3) is 4.09. The predicted molar refractivity (Wildman–Crippen MR) is 98.0 cm³/mol. The van der Waals surface area contributed by atoms with E-state index in [1.165, 1.54) is 0 Å². The molecule has 0 radical (unpaired) electrons. The van der Waals surface area contributed by atoms with Gasteiger partial charge in [-0.15, -0.1) is 0 Å². The van der Waals surface area contributed by atoms with E-state index >= 15 is 0 Å². The molecule has 1 aromatic carbocycles. The minimum Gasteiger partial charge on any atom is -0.324 e. The van der Waals surface area contributed by atoms with Crippen LogP contribution < -0.4 is 10.2 Å². The van der Waals surface area contributed by atoms with Crippen molar-refractivity contribution in [3.8, 4) is 0 Å². The Morgan fingerprint density at radius 2 is 2.12 bits per heavy atom. The van der Waals surface area contributed by atoms with Gasteiger partial charge >= 0.3 is 6.03 Å². The average molecular weight is 359 g/mol. The van der Waals surface area contributed by atoms with Crippen molar-refractivity contribution in [1.29, 1.82) is 0 Å². The van der Waals surface area contributed by atoms with Crippen LogP contribution >= 0.6 is 11.6 Å². The van der Waals surface area contributed by atoms with Crippen LogP contribution in [0.15, 0.2) is 42.6 Å². The highest BCUT2D eigenvalue weighted by Crippen LogP contribution is 2.19. The third-order valence-electron chi connectivity index (χ3n) is 4.04. The van der Waals surface area contributed by atoms with Crippen molar-refractivity contribution in [2.24, 2.45) is 0 Å². The number of pyridine rings is 1. The summed E-state index contributed by atoms with van der Waals surface area (Å²) in [5, 5.41) is 3.40. The SMILES string of the molecule is CCN1CCN(c2ccc(NC(=O)Cc3cccc(Cl)c3)cn2)C1=O. The van der Waals surface area contributed by atoms with Crippen molar-refractivity contribution in [3.63, 3.8) is 0 Å². The first kappa shape index (κ1) is 17.2. The molecule has 6 nitrogen and oxygen atoms in total. The highest BCUT2D eigenvalue weighted by molar-refractivity contribution is 6.30. The summed E-state index contributed by atoms with van der Waals surface area (Å²) < 4.78 is 0. The van der Waals surface area contributed by atoms with Gasteiger partial charge in [0.1, 0.15) is 5.82 Å². The lowest BCUT2D eigenvalue weighted by atomic mass is 10.1. The number of halogens is 1. The molecule has 1 aliphatic heterocycles. The van der Waals surface area contributed by atoms with E-state index in [2.05, 4.69) is 10.3 Å². The summed E-state index contributed by atoms with van der Waals surface area (Å²) in [6.45, 7) is 3.97. The first-order valence-electron chi connectivity index (χ1n) is 8.13. The Hall–Kier alpha value is -2.60. The van der Waals surface area contributed by atoms with E-state index < -0.39 is 0 Å². The molecular weight excluding hydrogens is 340 g/mol. The number of urea groups is 1. The third-order valence-corrected chi connectivity index (χ3v) is 4.27. The van der Waals surface area contributed by atoms with Gasteiger partial charge in [0.25, 0.3) is 0 Å². The van der Waals surface area contributed by atoms with Crippen LogP contribution in [0.2, 0.25) is 5.02 Å².